The molecule has 0 saturated heterocycles. The van der Waals surface area contributed by atoms with Crippen LogP contribution in [-0.2, 0) is 10.0 Å². The Balaban J connectivity index is 2.07. The van der Waals surface area contributed by atoms with Crippen LogP contribution < -0.4 is 15.6 Å². The summed E-state index contributed by atoms with van der Waals surface area (Å²) in [6, 6.07) is 11.0. The molecular weight excluding hydrogens is 372 g/mol. The molecule has 0 aliphatic heterocycles. The third kappa shape index (κ3) is 5.25. The molecule has 0 saturated carbocycles. The minimum atomic E-state index is -3.66. The van der Waals surface area contributed by atoms with Crippen molar-refractivity contribution in [3.8, 4) is 0 Å². The number of amides is 1. The summed E-state index contributed by atoms with van der Waals surface area (Å²) in [6.45, 7) is 3.62. The Morgan fingerprint density at radius 3 is 2.37 bits per heavy atom. The van der Waals surface area contributed by atoms with Gasteiger partial charge in [-0.15, -0.1) is 0 Å². The monoisotopic (exact) mass is 392 g/mol. The number of nitro benzene ring substituents is 1. The predicted molar refractivity (Wildman–Crippen MR) is 101 cm³/mol. The molecule has 1 amide bonds. The summed E-state index contributed by atoms with van der Waals surface area (Å²) >= 11 is 0. The highest BCUT2D eigenvalue weighted by molar-refractivity contribution is 7.89. The van der Waals surface area contributed by atoms with Gasteiger partial charge in [-0.05, 0) is 43.7 Å². The van der Waals surface area contributed by atoms with Crippen LogP contribution in [-0.4, -0.2) is 25.3 Å². The smallest absolute Gasteiger partial charge is 0.292 e. The van der Waals surface area contributed by atoms with Crippen molar-refractivity contribution in [2.24, 2.45) is 0 Å². The molecule has 0 fully saturated rings. The first-order valence-electron chi connectivity index (χ1n) is 8.16. The van der Waals surface area contributed by atoms with Crippen molar-refractivity contribution in [3.05, 3.63) is 64.2 Å². The summed E-state index contributed by atoms with van der Waals surface area (Å²) in [4.78, 5) is 22.6. The van der Waals surface area contributed by atoms with Gasteiger partial charge in [-0.1, -0.05) is 19.1 Å². The van der Waals surface area contributed by atoms with E-state index in [2.05, 4.69) is 15.6 Å². The predicted octanol–water partition coefficient (Wildman–Crippen LogP) is 2.43. The number of carbonyl (C=O) groups is 1. The van der Waals surface area contributed by atoms with Gasteiger partial charge in [0.05, 0.1) is 9.82 Å². The molecular formula is C17H20N4O5S. The van der Waals surface area contributed by atoms with Gasteiger partial charge in [0.2, 0.25) is 10.0 Å². The Hall–Kier alpha value is -2.98. The largest absolute Gasteiger partial charge is 0.294 e. The number of anilines is 1. The molecule has 9 nitrogen and oxygen atoms in total. The fourth-order valence-corrected chi connectivity index (χ4v) is 3.46. The molecule has 0 aromatic heterocycles. The van der Waals surface area contributed by atoms with Crippen LogP contribution in [0.3, 0.4) is 0 Å². The SMILES string of the molecule is CCC(C)NS(=O)(=O)c1ccc(C(=O)NNc2ccccc2[N+](=O)[O-])cc1. The van der Waals surface area contributed by atoms with Gasteiger partial charge in [0.15, 0.2) is 0 Å². The van der Waals surface area contributed by atoms with Gasteiger partial charge >= 0.3 is 0 Å². The molecule has 0 aliphatic rings. The van der Waals surface area contributed by atoms with E-state index in [4.69, 9.17) is 0 Å². The normalized spacial score (nSPS) is 12.2. The Labute approximate surface area is 157 Å². The summed E-state index contributed by atoms with van der Waals surface area (Å²) in [7, 11) is -3.66. The molecule has 3 N–H and O–H groups in total. The highest BCUT2D eigenvalue weighted by Crippen LogP contribution is 2.22. The van der Waals surface area contributed by atoms with Gasteiger partial charge in [0, 0.05) is 17.7 Å². The van der Waals surface area contributed by atoms with Crippen LogP contribution in [0.15, 0.2) is 53.4 Å². The number of hydrazine groups is 1. The lowest BCUT2D eigenvalue weighted by atomic mass is 10.2. The van der Waals surface area contributed by atoms with E-state index in [1.54, 1.807) is 13.0 Å². The number of rotatable bonds is 8. The van der Waals surface area contributed by atoms with Gasteiger partial charge < -0.3 is 0 Å². The first kappa shape index (κ1) is 20.3. The zero-order chi connectivity index (χ0) is 20.0. The molecule has 0 spiro atoms. The highest BCUT2D eigenvalue weighted by Gasteiger charge is 2.17. The van der Waals surface area contributed by atoms with Gasteiger partial charge in [0.25, 0.3) is 11.6 Å². The van der Waals surface area contributed by atoms with Gasteiger partial charge in [-0.3, -0.25) is 25.8 Å². The number of nitrogens with one attached hydrogen (secondary N) is 3. The maximum absolute atomic E-state index is 12.2. The number of para-hydroxylation sites is 2. The average Bonchev–Trinajstić information content (AvgIpc) is 2.65. The molecule has 10 heteroatoms. The van der Waals surface area contributed by atoms with Crippen molar-refractivity contribution < 1.29 is 18.1 Å². The van der Waals surface area contributed by atoms with E-state index in [-0.39, 0.29) is 27.9 Å². The van der Waals surface area contributed by atoms with Crippen molar-refractivity contribution in [1.82, 2.24) is 10.1 Å². The van der Waals surface area contributed by atoms with Crippen LogP contribution in [0, 0.1) is 10.1 Å². The number of nitrogens with zero attached hydrogens (tertiary/aromatic N) is 1. The van der Waals surface area contributed by atoms with E-state index in [0.717, 1.165) is 0 Å². The van der Waals surface area contributed by atoms with E-state index in [0.29, 0.717) is 6.42 Å². The Morgan fingerprint density at radius 2 is 1.78 bits per heavy atom. The first-order chi connectivity index (χ1) is 12.7. The summed E-state index contributed by atoms with van der Waals surface area (Å²) < 4.78 is 26.9. The lowest BCUT2D eigenvalue weighted by molar-refractivity contribution is -0.384. The number of sulfonamides is 1. The highest BCUT2D eigenvalue weighted by atomic mass is 32.2. The maximum Gasteiger partial charge on any atom is 0.294 e. The number of hydrogen-bond acceptors (Lipinski definition) is 6. The molecule has 0 aliphatic carbocycles. The first-order valence-corrected chi connectivity index (χ1v) is 9.65. The Kier molecular flexibility index (Phi) is 6.48. The molecule has 2 aromatic rings. The van der Waals surface area contributed by atoms with E-state index < -0.39 is 20.9 Å². The van der Waals surface area contributed by atoms with Crippen molar-refractivity contribution >= 4 is 27.3 Å². The van der Waals surface area contributed by atoms with Gasteiger partial charge in [-0.2, -0.15) is 0 Å². The minimum absolute atomic E-state index is 0.0472. The lowest BCUT2D eigenvalue weighted by Gasteiger charge is -2.12. The Bertz CT molecular complexity index is 929. The third-order valence-corrected chi connectivity index (χ3v) is 5.41. The molecule has 0 radical (unpaired) electrons. The standard InChI is InChI=1S/C17H20N4O5S/c1-3-12(2)20-27(25,26)14-10-8-13(9-11-14)17(22)19-18-15-6-4-5-7-16(15)21(23)24/h4-12,18,20H,3H2,1-2H3,(H,19,22). The maximum atomic E-state index is 12.2. The lowest BCUT2D eigenvalue weighted by Crippen LogP contribution is -2.32. The van der Waals surface area contributed by atoms with Crippen LogP contribution in [0.25, 0.3) is 0 Å². The molecule has 1 atom stereocenters. The summed E-state index contributed by atoms with van der Waals surface area (Å²) in [5.41, 5.74) is 5.00. The van der Waals surface area contributed by atoms with Crippen LogP contribution in [0.5, 0.6) is 0 Å². The second-order valence-corrected chi connectivity index (χ2v) is 7.52. The van der Waals surface area contributed by atoms with Crippen LogP contribution >= 0.6 is 0 Å². The van der Waals surface area contributed by atoms with E-state index in [9.17, 15) is 23.3 Å². The second-order valence-electron chi connectivity index (χ2n) is 5.81. The molecule has 0 heterocycles. The molecule has 1 unspecified atom stereocenters. The fourth-order valence-electron chi connectivity index (χ4n) is 2.14. The summed E-state index contributed by atoms with van der Waals surface area (Å²) in [5, 5.41) is 11.0. The second kappa shape index (κ2) is 8.60. The Morgan fingerprint density at radius 1 is 1.15 bits per heavy atom. The van der Waals surface area contributed by atoms with Crippen molar-refractivity contribution in [2.75, 3.05) is 5.43 Å². The van der Waals surface area contributed by atoms with Crippen molar-refractivity contribution in [3.63, 3.8) is 0 Å². The van der Waals surface area contributed by atoms with Crippen LogP contribution in [0.2, 0.25) is 0 Å². The van der Waals surface area contributed by atoms with Crippen LogP contribution in [0.4, 0.5) is 11.4 Å². The molecule has 144 valence electrons. The van der Waals surface area contributed by atoms with E-state index in [1.807, 2.05) is 6.92 Å². The van der Waals surface area contributed by atoms with Crippen LogP contribution in [0.1, 0.15) is 30.6 Å². The summed E-state index contributed by atoms with van der Waals surface area (Å²) in [6.07, 6.45) is 0.650. The zero-order valence-corrected chi connectivity index (χ0v) is 15.6. The quantitative estimate of drug-likeness (QED) is 0.467. The summed E-state index contributed by atoms with van der Waals surface area (Å²) in [5.74, 6) is -0.563. The number of hydrogen-bond donors (Lipinski definition) is 3. The third-order valence-electron chi connectivity index (χ3n) is 3.81. The number of benzene rings is 2. The van der Waals surface area contributed by atoms with Crippen molar-refractivity contribution in [1.29, 1.82) is 0 Å². The zero-order valence-electron chi connectivity index (χ0n) is 14.8. The molecule has 27 heavy (non-hydrogen) atoms. The van der Waals surface area contributed by atoms with Gasteiger partial charge in [0.1, 0.15) is 5.69 Å². The van der Waals surface area contributed by atoms with E-state index in [1.165, 1.54) is 42.5 Å². The topological polar surface area (TPSA) is 130 Å². The molecule has 2 aromatic carbocycles. The molecule has 0 bridgehead atoms. The van der Waals surface area contributed by atoms with Gasteiger partial charge in [-0.25, -0.2) is 13.1 Å². The minimum Gasteiger partial charge on any atom is -0.292 e. The molecule has 2 rings (SSSR count). The average molecular weight is 392 g/mol. The number of carbonyl (C=O) groups excluding carboxylic acids is 1. The fraction of sp³-hybridized carbons (Fsp3) is 0.235. The van der Waals surface area contributed by atoms with E-state index >= 15 is 0 Å². The number of nitro groups is 1. The van der Waals surface area contributed by atoms with Crippen molar-refractivity contribution in [2.45, 2.75) is 31.2 Å².